The number of ether oxygens (including phenoxy) is 2. The maximum Gasteiger partial charge on any atom is 0.277 e. The van der Waals surface area contributed by atoms with E-state index >= 15 is 0 Å². The first kappa shape index (κ1) is 18.1. The number of carbonyl (C=O) groups is 1. The van der Waals surface area contributed by atoms with Crippen LogP contribution in [-0.2, 0) is 4.79 Å². The molecule has 1 amide bonds. The van der Waals surface area contributed by atoms with Crippen molar-refractivity contribution in [3.8, 4) is 11.5 Å². The van der Waals surface area contributed by atoms with E-state index in [0.717, 1.165) is 11.1 Å². The molecule has 0 atom stereocenters. The lowest BCUT2D eigenvalue weighted by Crippen LogP contribution is -2.24. The molecule has 0 aliphatic rings. The van der Waals surface area contributed by atoms with Gasteiger partial charge in [-0.3, -0.25) is 4.79 Å². The minimum Gasteiger partial charge on any atom is -0.495 e. The molecule has 0 saturated carbocycles. The quantitative estimate of drug-likeness (QED) is 0.623. The molecule has 0 aromatic heterocycles. The van der Waals surface area contributed by atoms with Crippen LogP contribution in [0.5, 0.6) is 11.5 Å². The minimum atomic E-state index is -0.376. The Balaban J connectivity index is 1.84. The van der Waals surface area contributed by atoms with Gasteiger partial charge in [0.15, 0.2) is 6.61 Å². The summed E-state index contributed by atoms with van der Waals surface area (Å²) in [6.45, 7) is 1.71. The molecule has 126 valence electrons. The van der Waals surface area contributed by atoms with Gasteiger partial charge in [-0.15, -0.1) is 0 Å². The molecular weight excluding hydrogens is 351 g/mol. The lowest BCUT2D eigenvalue weighted by Gasteiger charge is -2.06. The summed E-state index contributed by atoms with van der Waals surface area (Å²) in [5, 5.41) is 4.97. The summed E-state index contributed by atoms with van der Waals surface area (Å²) < 4.78 is 10.4. The normalized spacial score (nSPS) is 10.7. The largest absolute Gasteiger partial charge is 0.495 e. The monoisotopic (exact) mass is 366 g/mol. The van der Waals surface area contributed by atoms with Crippen LogP contribution in [0.3, 0.4) is 0 Å². The third-order valence-corrected chi connectivity index (χ3v) is 3.80. The molecule has 1 N–H and O–H groups in total. The Morgan fingerprint density at radius 3 is 2.67 bits per heavy atom. The van der Waals surface area contributed by atoms with Gasteiger partial charge >= 0.3 is 0 Å². The van der Waals surface area contributed by atoms with Gasteiger partial charge in [0.25, 0.3) is 5.91 Å². The fraction of sp³-hybridized carbons (Fsp3) is 0.176. The predicted molar refractivity (Wildman–Crippen MR) is 95.4 cm³/mol. The second-order valence-corrected chi connectivity index (χ2v) is 5.70. The highest BCUT2D eigenvalue weighted by Gasteiger charge is 2.04. The lowest BCUT2D eigenvalue weighted by atomic mass is 10.2. The van der Waals surface area contributed by atoms with Crippen molar-refractivity contribution in [3.63, 3.8) is 0 Å². The molecule has 2 aromatic rings. The van der Waals surface area contributed by atoms with Gasteiger partial charge < -0.3 is 9.47 Å². The van der Waals surface area contributed by atoms with Crippen LogP contribution in [0.4, 0.5) is 0 Å². The van der Waals surface area contributed by atoms with Crippen LogP contribution in [0.1, 0.15) is 11.1 Å². The number of amides is 1. The molecule has 0 aliphatic carbocycles. The number of halogens is 2. The molecule has 7 heteroatoms. The lowest BCUT2D eigenvalue weighted by molar-refractivity contribution is -0.123. The zero-order chi connectivity index (χ0) is 17.5. The van der Waals surface area contributed by atoms with Crippen LogP contribution in [0.25, 0.3) is 0 Å². The third-order valence-electron chi connectivity index (χ3n) is 3.08. The summed E-state index contributed by atoms with van der Waals surface area (Å²) in [6, 6.07) is 10.4. The Hall–Kier alpha value is -2.24. The maximum atomic E-state index is 11.7. The SMILES string of the molecule is COc1ccc(C=NNC(=O)COc2ccc(Cl)c(C)c2)cc1Cl. The van der Waals surface area contributed by atoms with E-state index < -0.39 is 0 Å². The first-order valence-electron chi connectivity index (χ1n) is 7.04. The minimum absolute atomic E-state index is 0.151. The smallest absolute Gasteiger partial charge is 0.277 e. The first-order chi connectivity index (χ1) is 11.5. The molecule has 24 heavy (non-hydrogen) atoms. The average molecular weight is 367 g/mol. The molecule has 2 rings (SSSR count). The van der Waals surface area contributed by atoms with E-state index in [2.05, 4.69) is 10.5 Å². The Morgan fingerprint density at radius 1 is 1.21 bits per heavy atom. The molecule has 0 fully saturated rings. The molecule has 0 saturated heterocycles. The number of hydrogen-bond donors (Lipinski definition) is 1. The highest BCUT2D eigenvalue weighted by atomic mass is 35.5. The van der Waals surface area contributed by atoms with E-state index in [1.807, 2.05) is 6.92 Å². The number of carbonyl (C=O) groups excluding carboxylic acids is 1. The van der Waals surface area contributed by atoms with Crippen LogP contribution >= 0.6 is 23.2 Å². The fourth-order valence-corrected chi connectivity index (χ4v) is 2.21. The first-order valence-corrected chi connectivity index (χ1v) is 7.79. The highest BCUT2D eigenvalue weighted by Crippen LogP contribution is 2.24. The molecule has 0 bridgehead atoms. The number of aryl methyl sites for hydroxylation is 1. The molecule has 0 spiro atoms. The summed E-state index contributed by atoms with van der Waals surface area (Å²) in [5.41, 5.74) is 3.99. The molecule has 5 nitrogen and oxygen atoms in total. The average Bonchev–Trinajstić information content (AvgIpc) is 2.56. The number of hydrazone groups is 1. The second kappa shape index (κ2) is 8.57. The second-order valence-electron chi connectivity index (χ2n) is 4.89. The Bertz CT molecular complexity index is 763. The van der Waals surface area contributed by atoms with Crippen molar-refractivity contribution < 1.29 is 14.3 Å². The van der Waals surface area contributed by atoms with Gasteiger partial charge in [0, 0.05) is 5.02 Å². The van der Waals surface area contributed by atoms with Crippen LogP contribution in [-0.4, -0.2) is 25.8 Å². The predicted octanol–water partition coefficient (Wildman–Crippen LogP) is 3.84. The summed E-state index contributed by atoms with van der Waals surface area (Å²) in [7, 11) is 1.54. The van der Waals surface area contributed by atoms with E-state index in [0.29, 0.717) is 21.5 Å². The molecule has 0 radical (unpaired) electrons. The van der Waals surface area contributed by atoms with Crippen molar-refractivity contribution in [2.24, 2.45) is 5.10 Å². The van der Waals surface area contributed by atoms with E-state index in [1.165, 1.54) is 13.3 Å². The summed E-state index contributed by atoms with van der Waals surface area (Å²) in [6.07, 6.45) is 1.48. The number of nitrogens with one attached hydrogen (secondary N) is 1. The van der Waals surface area contributed by atoms with E-state index in [9.17, 15) is 4.79 Å². The van der Waals surface area contributed by atoms with Crippen molar-refractivity contribution in [1.29, 1.82) is 0 Å². The van der Waals surface area contributed by atoms with Gasteiger partial charge in [0.1, 0.15) is 11.5 Å². The van der Waals surface area contributed by atoms with E-state index in [1.54, 1.807) is 36.4 Å². The van der Waals surface area contributed by atoms with E-state index in [4.69, 9.17) is 32.7 Å². The summed E-state index contributed by atoms with van der Waals surface area (Å²) >= 11 is 11.9. The topological polar surface area (TPSA) is 59.9 Å². The van der Waals surface area contributed by atoms with Crippen molar-refractivity contribution in [3.05, 3.63) is 57.6 Å². The van der Waals surface area contributed by atoms with E-state index in [-0.39, 0.29) is 12.5 Å². The third kappa shape index (κ3) is 5.15. The fourth-order valence-electron chi connectivity index (χ4n) is 1.83. The molecule has 0 unspecified atom stereocenters. The standard InChI is InChI=1S/C17H16Cl2N2O3/c1-11-7-13(4-5-14(11)18)24-10-17(22)21-20-9-12-3-6-16(23-2)15(19)8-12/h3-9H,10H2,1-2H3,(H,21,22). The highest BCUT2D eigenvalue weighted by molar-refractivity contribution is 6.32. The Kier molecular flexibility index (Phi) is 6.46. The Labute approximate surface area is 150 Å². The van der Waals surface area contributed by atoms with Crippen LogP contribution < -0.4 is 14.9 Å². The van der Waals surface area contributed by atoms with Crippen molar-refractivity contribution in [2.45, 2.75) is 6.92 Å². The van der Waals surface area contributed by atoms with Crippen LogP contribution in [0.2, 0.25) is 10.0 Å². The number of nitrogens with zero attached hydrogens (tertiary/aromatic N) is 1. The van der Waals surface area contributed by atoms with Gasteiger partial charge in [0.05, 0.1) is 18.3 Å². The summed E-state index contributed by atoms with van der Waals surface area (Å²) in [4.78, 5) is 11.7. The van der Waals surface area contributed by atoms with Crippen LogP contribution in [0.15, 0.2) is 41.5 Å². The number of benzene rings is 2. The van der Waals surface area contributed by atoms with Gasteiger partial charge in [-0.25, -0.2) is 5.43 Å². The van der Waals surface area contributed by atoms with Crippen molar-refractivity contribution >= 4 is 35.3 Å². The van der Waals surface area contributed by atoms with Crippen molar-refractivity contribution in [1.82, 2.24) is 5.43 Å². The van der Waals surface area contributed by atoms with Crippen LogP contribution in [0, 0.1) is 6.92 Å². The molecule has 2 aromatic carbocycles. The van der Waals surface area contributed by atoms with Gasteiger partial charge in [-0.2, -0.15) is 5.10 Å². The number of hydrogen-bond acceptors (Lipinski definition) is 4. The van der Waals surface area contributed by atoms with Crippen molar-refractivity contribution in [2.75, 3.05) is 13.7 Å². The number of rotatable bonds is 6. The molecule has 0 heterocycles. The van der Waals surface area contributed by atoms with Gasteiger partial charge in [-0.05, 0) is 54.4 Å². The zero-order valence-corrected chi connectivity index (χ0v) is 14.7. The number of methoxy groups -OCH3 is 1. The summed E-state index contributed by atoms with van der Waals surface area (Å²) in [5.74, 6) is 0.765. The molecular formula is C17H16Cl2N2O3. The van der Waals surface area contributed by atoms with Gasteiger partial charge in [-0.1, -0.05) is 23.2 Å². The zero-order valence-electron chi connectivity index (χ0n) is 13.2. The maximum absolute atomic E-state index is 11.7. The Morgan fingerprint density at radius 2 is 2.00 bits per heavy atom. The van der Waals surface area contributed by atoms with Gasteiger partial charge in [0.2, 0.25) is 0 Å². The molecule has 0 aliphatic heterocycles.